The molecule has 0 heterocycles. The molecule has 0 aliphatic heterocycles. The zero-order valence-corrected chi connectivity index (χ0v) is 13.4. The summed E-state index contributed by atoms with van der Waals surface area (Å²) in [6.07, 6.45) is -1.12. The van der Waals surface area contributed by atoms with Crippen LogP contribution >= 0.6 is 15.9 Å². The summed E-state index contributed by atoms with van der Waals surface area (Å²) in [5.74, 6) is 0.412. The number of methoxy groups -OCH3 is 1. The topological polar surface area (TPSA) is 38.7 Å². The quantitative estimate of drug-likeness (QED) is 0.879. The van der Waals surface area contributed by atoms with Crippen molar-refractivity contribution in [3.63, 3.8) is 0 Å². The molecule has 112 valence electrons. The van der Waals surface area contributed by atoms with Crippen molar-refractivity contribution >= 4 is 15.9 Å². The molecule has 2 rings (SSSR count). The van der Waals surface area contributed by atoms with Crippen LogP contribution in [0.3, 0.4) is 0 Å². The van der Waals surface area contributed by atoms with Crippen molar-refractivity contribution in [1.82, 2.24) is 0 Å². The first kappa shape index (κ1) is 15.8. The predicted octanol–water partition coefficient (Wildman–Crippen LogP) is 4.08. The highest BCUT2D eigenvalue weighted by atomic mass is 79.9. The van der Waals surface area contributed by atoms with Crippen molar-refractivity contribution in [3.05, 3.63) is 57.8 Å². The van der Waals surface area contributed by atoms with Crippen LogP contribution in [0, 0.1) is 5.82 Å². The summed E-state index contributed by atoms with van der Waals surface area (Å²) in [5, 5.41) is 10.5. The molecule has 0 fully saturated rings. The van der Waals surface area contributed by atoms with E-state index in [4.69, 9.17) is 9.47 Å². The molecule has 0 bridgehead atoms. The molecule has 1 N–H and O–H groups in total. The molecule has 2 aromatic rings. The number of ether oxygens (including phenoxy) is 2. The summed E-state index contributed by atoms with van der Waals surface area (Å²) >= 11 is 3.35. The highest BCUT2D eigenvalue weighted by Gasteiger charge is 2.20. The number of hydrogen-bond acceptors (Lipinski definition) is 3. The monoisotopic (exact) mass is 354 g/mol. The third-order valence-electron chi connectivity index (χ3n) is 3.07. The van der Waals surface area contributed by atoms with Gasteiger partial charge >= 0.3 is 0 Å². The van der Waals surface area contributed by atoms with Crippen LogP contribution < -0.4 is 9.47 Å². The van der Waals surface area contributed by atoms with Crippen LogP contribution in [0.1, 0.15) is 24.2 Å². The van der Waals surface area contributed by atoms with E-state index in [0.717, 1.165) is 4.47 Å². The van der Waals surface area contributed by atoms with Crippen molar-refractivity contribution in [3.8, 4) is 11.5 Å². The minimum absolute atomic E-state index is 0.176. The molecule has 3 nitrogen and oxygen atoms in total. The lowest BCUT2D eigenvalue weighted by atomic mass is 10.00. The Morgan fingerprint density at radius 1 is 1.19 bits per heavy atom. The number of hydrogen-bond donors (Lipinski definition) is 1. The van der Waals surface area contributed by atoms with Crippen LogP contribution in [0.15, 0.2) is 40.9 Å². The smallest absolute Gasteiger partial charge is 0.133 e. The van der Waals surface area contributed by atoms with Crippen LogP contribution in [-0.2, 0) is 0 Å². The Bertz CT molecular complexity index is 631. The minimum Gasteiger partial charge on any atom is -0.497 e. The van der Waals surface area contributed by atoms with Crippen molar-refractivity contribution < 1.29 is 19.0 Å². The van der Waals surface area contributed by atoms with E-state index in [9.17, 15) is 9.50 Å². The van der Waals surface area contributed by atoms with Gasteiger partial charge in [-0.1, -0.05) is 15.9 Å². The van der Waals surface area contributed by atoms with Crippen molar-refractivity contribution in [1.29, 1.82) is 0 Å². The van der Waals surface area contributed by atoms with E-state index in [1.807, 2.05) is 13.0 Å². The van der Waals surface area contributed by atoms with Gasteiger partial charge in [0.25, 0.3) is 0 Å². The Morgan fingerprint density at radius 2 is 1.95 bits per heavy atom. The summed E-state index contributed by atoms with van der Waals surface area (Å²) in [5.41, 5.74) is 0.685. The first-order chi connectivity index (χ1) is 10.1. The molecular weight excluding hydrogens is 339 g/mol. The second-order valence-electron chi connectivity index (χ2n) is 4.41. The first-order valence-electron chi connectivity index (χ1n) is 6.50. The maximum absolute atomic E-state index is 14.1. The molecule has 0 aromatic heterocycles. The molecule has 21 heavy (non-hydrogen) atoms. The van der Waals surface area contributed by atoms with Crippen LogP contribution in [-0.4, -0.2) is 18.8 Å². The molecule has 0 amide bonds. The lowest BCUT2D eigenvalue weighted by Gasteiger charge is -2.17. The van der Waals surface area contributed by atoms with Crippen molar-refractivity contribution in [2.75, 3.05) is 13.7 Å². The Morgan fingerprint density at radius 3 is 2.57 bits per heavy atom. The van der Waals surface area contributed by atoms with Gasteiger partial charge in [0, 0.05) is 21.7 Å². The van der Waals surface area contributed by atoms with Gasteiger partial charge in [-0.05, 0) is 37.3 Å². The molecule has 0 saturated heterocycles. The SMILES string of the molecule is CCOc1ccc(Br)cc1C(O)c1ccc(OC)cc1F. The van der Waals surface area contributed by atoms with Gasteiger partial charge in [-0.3, -0.25) is 0 Å². The van der Waals surface area contributed by atoms with Gasteiger partial charge in [0.2, 0.25) is 0 Å². The average Bonchev–Trinajstić information content (AvgIpc) is 2.48. The second-order valence-corrected chi connectivity index (χ2v) is 5.32. The van der Waals surface area contributed by atoms with Gasteiger partial charge in [0.1, 0.15) is 23.4 Å². The Balaban J connectivity index is 2.43. The average molecular weight is 355 g/mol. The van der Waals surface area contributed by atoms with Gasteiger partial charge in [0.05, 0.1) is 13.7 Å². The summed E-state index contributed by atoms with van der Waals surface area (Å²) in [6.45, 7) is 2.32. The molecule has 0 radical (unpaired) electrons. The number of benzene rings is 2. The van der Waals surface area contributed by atoms with E-state index < -0.39 is 11.9 Å². The molecule has 1 atom stereocenters. The van der Waals surface area contributed by atoms with Crippen LogP contribution in [0.4, 0.5) is 4.39 Å². The number of rotatable bonds is 5. The lowest BCUT2D eigenvalue weighted by Crippen LogP contribution is -2.06. The van der Waals surface area contributed by atoms with E-state index in [0.29, 0.717) is 23.7 Å². The van der Waals surface area contributed by atoms with Gasteiger partial charge < -0.3 is 14.6 Å². The standard InChI is InChI=1S/C16H16BrFO3/c1-3-21-15-7-4-10(17)8-13(15)16(19)12-6-5-11(20-2)9-14(12)18/h4-9,16,19H,3H2,1-2H3. The Hall–Kier alpha value is -1.59. The third-order valence-corrected chi connectivity index (χ3v) is 3.56. The molecule has 0 saturated carbocycles. The predicted molar refractivity (Wildman–Crippen MR) is 82.3 cm³/mol. The normalized spacial score (nSPS) is 12.0. The van der Waals surface area contributed by atoms with Gasteiger partial charge in [-0.2, -0.15) is 0 Å². The molecule has 2 aromatic carbocycles. The van der Waals surface area contributed by atoms with E-state index in [2.05, 4.69) is 15.9 Å². The molecule has 0 aliphatic carbocycles. The van der Waals surface area contributed by atoms with Crippen LogP contribution in [0.5, 0.6) is 11.5 Å². The number of aliphatic hydroxyl groups is 1. The van der Waals surface area contributed by atoms with Crippen molar-refractivity contribution in [2.45, 2.75) is 13.0 Å². The summed E-state index contributed by atoms with van der Waals surface area (Å²) < 4.78 is 25.3. The van der Waals surface area contributed by atoms with Gasteiger partial charge in [-0.25, -0.2) is 4.39 Å². The van der Waals surface area contributed by atoms with E-state index in [1.54, 1.807) is 18.2 Å². The highest BCUT2D eigenvalue weighted by molar-refractivity contribution is 9.10. The molecule has 0 spiro atoms. The lowest BCUT2D eigenvalue weighted by molar-refractivity contribution is 0.206. The molecule has 0 aliphatic rings. The maximum atomic E-state index is 14.1. The highest BCUT2D eigenvalue weighted by Crippen LogP contribution is 2.34. The maximum Gasteiger partial charge on any atom is 0.133 e. The molecule has 1 unspecified atom stereocenters. The largest absolute Gasteiger partial charge is 0.497 e. The molecular formula is C16H16BrFO3. The van der Waals surface area contributed by atoms with E-state index in [1.165, 1.54) is 19.2 Å². The fraction of sp³-hybridized carbons (Fsp3) is 0.250. The second kappa shape index (κ2) is 6.91. The third kappa shape index (κ3) is 3.54. The Kier molecular flexibility index (Phi) is 5.20. The Labute approximate surface area is 131 Å². The fourth-order valence-electron chi connectivity index (χ4n) is 2.04. The van der Waals surface area contributed by atoms with E-state index >= 15 is 0 Å². The fourth-order valence-corrected chi connectivity index (χ4v) is 2.42. The van der Waals surface area contributed by atoms with Gasteiger partial charge in [-0.15, -0.1) is 0 Å². The summed E-state index contributed by atoms with van der Waals surface area (Å²) in [4.78, 5) is 0. The van der Waals surface area contributed by atoms with Crippen LogP contribution in [0.25, 0.3) is 0 Å². The summed E-state index contributed by atoms with van der Waals surface area (Å²) in [6, 6.07) is 9.64. The van der Waals surface area contributed by atoms with Gasteiger partial charge in [0.15, 0.2) is 0 Å². The first-order valence-corrected chi connectivity index (χ1v) is 7.29. The minimum atomic E-state index is -1.12. The molecule has 5 heteroatoms. The zero-order valence-electron chi connectivity index (χ0n) is 11.8. The number of halogens is 2. The summed E-state index contributed by atoms with van der Waals surface area (Å²) in [7, 11) is 1.46. The van der Waals surface area contributed by atoms with Crippen LogP contribution in [0.2, 0.25) is 0 Å². The zero-order chi connectivity index (χ0) is 15.4. The van der Waals surface area contributed by atoms with E-state index in [-0.39, 0.29) is 5.56 Å². The number of aliphatic hydroxyl groups excluding tert-OH is 1. The van der Waals surface area contributed by atoms with Crippen molar-refractivity contribution in [2.24, 2.45) is 0 Å².